The van der Waals surface area contributed by atoms with E-state index in [4.69, 9.17) is 4.74 Å². The summed E-state index contributed by atoms with van der Waals surface area (Å²) < 4.78 is 5.61. The highest BCUT2D eigenvalue weighted by Crippen LogP contribution is 2.35. The molecule has 0 spiro atoms. The molecule has 4 nitrogen and oxygen atoms in total. The van der Waals surface area contributed by atoms with E-state index in [0.717, 1.165) is 45.7 Å². The molecule has 0 saturated carbocycles. The van der Waals surface area contributed by atoms with Crippen LogP contribution < -0.4 is 5.32 Å². The number of nitrogens with one attached hydrogen (secondary N) is 1. The standard InChI is InChI=1S/C27H37N3OS/c1-29(16-5-6-17-30-19-15-28-21-27(30)31-2)18-14-25(26-13-8-20-32-26)24-12-7-10-22-9-3-4-11-23(22)24/h3-4,7-13,20,25,27-28H,5-6,14-19,21H2,1-2H3. The number of hydrogen-bond acceptors (Lipinski definition) is 5. The Hall–Kier alpha value is -1.76. The number of rotatable bonds is 11. The summed E-state index contributed by atoms with van der Waals surface area (Å²) in [5.41, 5.74) is 1.46. The first kappa shape index (κ1) is 23.4. The maximum absolute atomic E-state index is 5.61. The van der Waals surface area contributed by atoms with Crippen LogP contribution in [0, 0.1) is 0 Å². The van der Waals surface area contributed by atoms with Gasteiger partial charge in [0.2, 0.25) is 0 Å². The fourth-order valence-corrected chi connectivity index (χ4v) is 5.74. The normalized spacial score (nSPS) is 18.4. The van der Waals surface area contributed by atoms with Gasteiger partial charge in [-0.1, -0.05) is 48.5 Å². The van der Waals surface area contributed by atoms with Gasteiger partial charge in [0.1, 0.15) is 6.23 Å². The highest BCUT2D eigenvalue weighted by Gasteiger charge is 2.21. The van der Waals surface area contributed by atoms with Crippen LogP contribution in [0.1, 0.15) is 35.6 Å². The van der Waals surface area contributed by atoms with Crippen LogP contribution in [0.2, 0.25) is 0 Å². The van der Waals surface area contributed by atoms with Crippen LogP contribution >= 0.6 is 11.3 Å². The average molecular weight is 452 g/mol. The Morgan fingerprint density at radius 2 is 1.97 bits per heavy atom. The fraction of sp³-hybridized carbons (Fsp3) is 0.481. The topological polar surface area (TPSA) is 27.7 Å². The van der Waals surface area contributed by atoms with E-state index in [-0.39, 0.29) is 6.23 Å². The van der Waals surface area contributed by atoms with Crippen LogP contribution in [0.15, 0.2) is 60.0 Å². The van der Waals surface area contributed by atoms with Crippen molar-refractivity contribution in [2.24, 2.45) is 0 Å². The monoisotopic (exact) mass is 451 g/mol. The molecule has 172 valence electrons. The van der Waals surface area contributed by atoms with Crippen molar-refractivity contribution in [2.45, 2.75) is 31.4 Å². The SMILES string of the molecule is COC1CNCCN1CCCCN(C)CCC(c1cccs1)c1cccc2ccccc12. The molecule has 0 aliphatic carbocycles. The third kappa shape index (κ3) is 5.97. The molecule has 1 saturated heterocycles. The molecular formula is C27H37N3OS. The molecule has 1 aliphatic heterocycles. The molecule has 32 heavy (non-hydrogen) atoms. The zero-order chi connectivity index (χ0) is 22.2. The number of methoxy groups -OCH3 is 1. The van der Waals surface area contributed by atoms with Crippen LogP contribution in [-0.2, 0) is 4.74 Å². The second kappa shape index (κ2) is 11.9. The van der Waals surface area contributed by atoms with Crippen LogP contribution in [-0.4, -0.2) is 69.5 Å². The molecule has 1 aromatic heterocycles. The van der Waals surface area contributed by atoms with Crippen molar-refractivity contribution in [1.82, 2.24) is 15.1 Å². The Bertz CT molecular complexity index is 940. The van der Waals surface area contributed by atoms with Crippen molar-refractivity contribution in [3.63, 3.8) is 0 Å². The predicted octanol–water partition coefficient (Wildman–Crippen LogP) is 5.01. The summed E-state index contributed by atoms with van der Waals surface area (Å²) in [6.07, 6.45) is 3.83. The molecule has 2 atom stereocenters. The summed E-state index contributed by atoms with van der Waals surface area (Å²) in [6.45, 7) is 6.48. The lowest BCUT2D eigenvalue weighted by molar-refractivity contribution is -0.0459. The van der Waals surface area contributed by atoms with Gasteiger partial charge in [0, 0.05) is 44.1 Å². The van der Waals surface area contributed by atoms with E-state index in [1.807, 2.05) is 18.4 Å². The summed E-state index contributed by atoms with van der Waals surface area (Å²) in [5, 5.41) is 8.35. The van der Waals surface area contributed by atoms with Gasteiger partial charge in [-0.05, 0) is 67.2 Å². The number of ether oxygens (including phenoxy) is 1. The maximum atomic E-state index is 5.61. The van der Waals surface area contributed by atoms with E-state index in [1.165, 1.54) is 34.1 Å². The molecule has 3 aromatic rings. The van der Waals surface area contributed by atoms with Gasteiger partial charge in [-0.25, -0.2) is 0 Å². The quantitative estimate of drug-likeness (QED) is 0.415. The van der Waals surface area contributed by atoms with E-state index in [9.17, 15) is 0 Å². The summed E-state index contributed by atoms with van der Waals surface area (Å²) in [6, 6.07) is 20.1. The minimum Gasteiger partial charge on any atom is -0.365 e. The minimum absolute atomic E-state index is 0.230. The first-order valence-corrected chi connectivity index (χ1v) is 12.8. The number of piperazine rings is 1. The van der Waals surface area contributed by atoms with Crippen LogP contribution in [0.4, 0.5) is 0 Å². The van der Waals surface area contributed by atoms with Crippen molar-refractivity contribution in [2.75, 3.05) is 53.4 Å². The molecule has 5 heteroatoms. The summed E-state index contributed by atoms with van der Waals surface area (Å²) in [4.78, 5) is 6.46. The van der Waals surface area contributed by atoms with Gasteiger partial charge in [0.15, 0.2) is 0 Å². The second-order valence-electron chi connectivity index (χ2n) is 8.87. The number of fused-ring (bicyclic) bond motifs is 1. The van der Waals surface area contributed by atoms with Crippen molar-refractivity contribution < 1.29 is 4.74 Å². The Balaban J connectivity index is 1.32. The smallest absolute Gasteiger partial charge is 0.122 e. The molecule has 0 amide bonds. The number of unbranched alkanes of at least 4 members (excludes halogenated alkanes) is 1. The zero-order valence-electron chi connectivity index (χ0n) is 19.5. The molecule has 0 radical (unpaired) electrons. The third-order valence-corrected chi connectivity index (χ3v) is 7.68. The molecule has 2 heterocycles. The Kier molecular flexibility index (Phi) is 8.71. The average Bonchev–Trinajstić information content (AvgIpc) is 3.37. The van der Waals surface area contributed by atoms with Crippen molar-refractivity contribution >= 4 is 22.1 Å². The lowest BCUT2D eigenvalue weighted by Gasteiger charge is -2.35. The highest BCUT2D eigenvalue weighted by atomic mass is 32.1. The highest BCUT2D eigenvalue weighted by molar-refractivity contribution is 7.10. The Labute approximate surface area is 197 Å². The third-order valence-electron chi connectivity index (χ3n) is 6.69. The van der Waals surface area contributed by atoms with Crippen molar-refractivity contribution in [3.8, 4) is 0 Å². The summed E-state index contributed by atoms with van der Waals surface area (Å²) >= 11 is 1.88. The van der Waals surface area contributed by atoms with Gasteiger partial charge in [0.05, 0.1) is 0 Å². The lowest BCUT2D eigenvalue weighted by Crippen LogP contribution is -2.52. The largest absolute Gasteiger partial charge is 0.365 e. The van der Waals surface area contributed by atoms with E-state index in [2.05, 4.69) is 82.1 Å². The second-order valence-corrected chi connectivity index (χ2v) is 9.85. The van der Waals surface area contributed by atoms with E-state index >= 15 is 0 Å². The Morgan fingerprint density at radius 3 is 2.81 bits per heavy atom. The van der Waals surface area contributed by atoms with Crippen molar-refractivity contribution in [1.29, 1.82) is 0 Å². The predicted molar refractivity (Wildman–Crippen MR) is 137 cm³/mol. The van der Waals surface area contributed by atoms with Gasteiger partial charge in [-0.3, -0.25) is 4.90 Å². The molecule has 2 unspecified atom stereocenters. The first-order chi connectivity index (χ1) is 15.8. The molecule has 1 N–H and O–H groups in total. The van der Waals surface area contributed by atoms with Gasteiger partial charge in [0.25, 0.3) is 0 Å². The van der Waals surface area contributed by atoms with Crippen LogP contribution in [0.3, 0.4) is 0 Å². The van der Waals surface area contributed by atoms with Gasteiger partial charge < -0.3 is 15.0 Å². The van der Waals surface area contributed by atoms with Crippen molar-refractivity contribution in [3.05, 3.63) is 70.4 Å². The molecular weight excluding hydrogens is 414 g/mol. The first-order valence-electron chi connectivity index (χ1n) is 11.9. The number of hydrogen-bond donors (Lipinski definition) is 1. The summed E-state index contributed by atoms with van der Waals surface area (Å²) in [5.74, 6) is 0.451. The fourth-order valence-electron chi connectivity index (χ4n) is 4.86. The number of benzene rings is 2. The molecule has 2 aromatic carbocycles. The van der Waals surface area contributed by atoms with Gasteiger partial charge in [-0.2, -0.15) is 0 Å². The lowest BCUT2D eigenvalue weighted by atomic mass is 9.89. The van der Waals surface area contributed by atoms with E-state index in [1.54, 1.807) is 0 Å². The van der Waals surface area contributed by atoms with E-state index < -0.39 is 0 Å². The minimum atomic E-state index is 0.230. The number of nitrogens with zero attached hydrogens (tertiary/aromatic N) is 2. The molecule has 0 bridgehead atoms. The molecule has 1 fully saturated rings. The van der Waals surface area contributed by atoms with Crippen LogP contribution in [0.5, 0.6) is 0 Å². The molecule has 4 rings (SSSR count). The zero-order valence-corrected chi connectivity index (χ0v) is 20.3. The summed E-state index contributed by atoms with van der Waals surface area (Å²) in [7, 11) is 4.09. The maximum Gasteiger partial charge on any atom is 0.122 e. The Morgan fingerprint density at radius 1 is 1.09 bits per heavy atom. The molecule has 1 aliphatic rings. The van der Waals surface area contributed by atoms with Gasteiger partial charge in [-0.15, -0.1) is 11.3 Å². The number of thiophene rings is 1. The van der Waals surface area contributed by atoms with E-state index in [0.29, 0.717) is 5.92 Å². The van der Waals surface area contributed by atoms with Crippen LogP contribution in [0.25, 0.3) is 10.8 Å². The van der Waals surface area contributed by atoms with Gasteiger partial charge >= 0.3 is 0 Å².